The minimum Gasteiger partial charge on any atom is -0.456 e. The number of hydrogen-bond acceptors (Lipinski definition) is 2. The second kappa shape index (κ2) is 14.5. The molecule has 0 aliphatic heterocycles. The average Bonchev–Trinajstić information content (AvgIpc) is 4.02. The number of furan rings is 1. The number of para-hydroxylation sites is 5. The number of rotatable bonds is 7. The molecule has 0 radical (unpaired) electrons. The lowest BCUT2D eigenvalue weighted by molar-refractivity contribution is 0.669. The summed E-state index contributed by atoms with van der Waals surface area (Å²) >= 11 is 0. The number of anilines is 3. The van der Waals surface area contributed by atoms with Crippen molar-refractivity contribution in [3.63, 3.8) is 0 Å². The first-order chi connectivity index (χ1) is 31.8. The number of nitrogens with zero attached hydrogens (tertiary/aromatic N) is 3. The molecule has 0 bridgehead atoms. The van der Waals surface area contributed by atoms with Gasteiger partial charge in [-0.25, -0.2) is 0 Å². The zero-order valence-corrected chi connectivity index (χ0v) is 34.8. The van der Waals surface area contributed by atoms with Gasteiger partial charge in [0.05, 0.1) is 39.1 Å². The summed E-state index contributed by atoms with van der Waals surface area (Å²) in [5, 5.41) is 7.02. The van der Waals surface area contributed by atoms with E-state index in [0.717, 1.165) is 89.1 Å². The van der Waals surface area contributed by atoms with Gasteiger partial charge in [0.25, 0.3) is 0 Å². The topological polar surface area (TPSA) is 26.2 Å². The Balaban J connectivity index is 1.19. The van der Waals surface area contributed by atoms with Crippen molar-refractivity contribution in [3.8, 4) is 33.6 Å². The largest absolute Gasteiger partial charge is 0.456 e. The Morgan fingerprint density at radius 1 is 0.328 bits per heavy atom. The molecule has 4 nitrogen and oxygen atoms in total. The highest BCUT2D eigenvalue weighted by Crippen LogP contribution is 2.48. The Labute approximate surface area is 369 Å². The van der Waals surface area contributed by atoms with Crippen molar-refractivity contribution >= 4 is 82.6 Å². The fourth-order valence-electron chi connectivity index (χ4n) is 10.1. The van der Waals surface area contributed by atoms with E-state index in [4.69, 9.17) is 4.42 Å². The molecule has 0 saturated carbocycles. The summed E-state index contributed by atoms with van der Waals surface area (Å²) in [7, 11) is 0. The van der Waals surface area contributed by atoms with Crippen molar-refractivity contribution in [2.24, 2.45) is 0 Å². The van der Waals surface area contributed by atoms with Crippen molar-refractivity contribution in [1.82, 2.24) is 9.13 Å². The van der Waals surface area contributed by atoms with Gasteiger partial charge in [0.1, 0.15) is 11.2 Å². The molecule has 3 aromatic heterocycles. The molecule has 0 aliphatic rings. The maximum absolute atomic E-state index is 6.64. The van der Waals surface area contributed by atoms with Gasteiger partial charge < -0.3 is 18.5 Å². The van der Waals surface area contributed by atoms with E-state index < -0.39 is 0 Å². The lowest BCUT2D eigenvalue weighted by atomic mass is 9.96. The molecule has 0 spiro atoms. The van der Waals surface area contributed by atoms with Crippen molar-refractivity contribution in [2.75, 3.05) is 4.90 Å². The minimum absolute atomic E-state index is 0.841. The van der Waals surface area contributed by atoms with Crippen LogP contribution in [0.2, 0.25) is 0 Å². The van der Waals surface area contributed by atoms with Gasteiger partial charge in [-0.3, -0.25) is 0 Å². The first-order valence-corrected chi connectivity index (χ1v) is 21.8. The Kier molecular flexibility index (Phi) is 8.18. The quantitative estimate of drug-likeness (QED) is 0.160. The fourth-order valence-corrected chi connectivity index (χ4v) is 10.1. The average molecular weight is 818 g/mol. The van der Waals surface area contributed by atoms with Crippen molar-refractivity contribution in [1.29, 1.82) is 0 Å². The van der Waals surface area contributed by atoms with Gasteiger partial charge in [-0.1, -0.05) is 158 Å². The Morgan fingerprint density at radius 2 is 0.891 bits per heavy atom. The van der Waals surface area contributed by atoms with Crippen LogP contribution in [0, 0.1) is 0 Å². The highest BCUT2D eigenvalue weighted by molar-refractivity contribution is 6.18. The van der Waals surface area contributed by atoms with Crippen LogP contribution in [0.4, 0.5) is 17.1 Å². The molecule has 0 unspecified atom stereocenters. The molecular formula is C60H39N3O. The maximum Gasteiger partial charge on any atom is 0.137 e. The van der Waals surface area contributed by atoms with E-state index in [1.807, 2.05) is 6.07 Å². The van der Waals surface area contributed by atoms with Gasteiger partial charge in [-0.2, -0.15) is 0 Å². The molecule has 0 atom stereocenters. The van der Waals surface area contributed by atoms with Crippen LogP contribution in [0.5, 0.6) is 0 Å². The predicted octanol–water partition coefficient (Wildman–Crippen LogP) is 16.6. The van der Waals surface area contributed by atoms with Gasteiger partial charge in [0.2, 0.25) is 0 Å². The fraction of sp³-hybridized carbons (Fsp3) is 0. The molecular weight excluding hydrogens is 779 g/mol. The van der Waals surface area contributed by atoms with E-state index in [1.165, 1.54) is 27.1 Å². The molecule has 0 saturated heterocycles. The molecule has 0 aliphatic carbocycles. The zero-order valence-electron chi connectivity index (χ0n) is 34.8. The molecule has 0 N–H and O–H groups in total. The zero-order chi connectivity index (χ0) is 42.1. The SMILES string of the molecule is c1ccc(-c2ccc(N(c3ccc4c(c3)oc3ccccc34)c3cc(-n4c5ccccc5c5ccccc54)c4c5ccccc5n(-c5ccccc5)c4c3)c(-c3ccccc3)c2)cc1. The van der Waals surface area contributed by atoms with Crippen LogP contribution in [0.3, 0.4) is 0 Å². The Hall–Kier alpha value is -8.60. The van der Waals surface area contributed by atoms with Crippen molar-refractivity contribution < 1.29 is 4.42 Å². The molecule has 0 amide bonds. The van der Waals surface area contributed by atoms with Crippen LogP contribution in [0.1, 0.15) is 0 Å². The standard InChI is InChI=1S/C60H39N3O/c1-4-18-40(19-5-1)42-32-35-55(51(36-42)41-20-6-2-7-21-41)61(44-33-34-49-48-26-13-17-31-58(48)64-59(49)39-44)45-37-56-60(50-27-12-16-30-54(50)62(56)43-22-8-3-9-23-43)57(38-45)63-52-28-14-10-24-46(52)47-25-11-15-29-53(47)63/h1-39H. The summed E-state index contributed by atoms with van der Waals surface area (Å²) in [5.74, 6) is 0. The summed E-state index contributed by atoms with van der Waals surface area (Å²) in [6, 6.07) is 85.4. The Morgan fingerprint density at radius 3 is 1.59 bits per heavy atom. The molecule has 300 valence electrons. The molecule has 13 rings (SSSR count). The van der Waals surface area contributed by atoms with Crippen LogP contribution < -0.4 is 4.90 Å². The highest BCUT2D eigenvalue weighted by atomic mass is 16.3. The molecule has 4 heteroatoms. The summed E-state index contributed by atoms with van der Waals surface area (Å²) in [6.07, 6.45) is 0. The number of aromatic nitrogens is 2. The maximum atomic E-state index is 6.64. The predicted molar refractivity (Wildman–Crippen MR) is 268 cm³/mol. The molecule has 13 aromatic rings. The van der Waals surface area contributed by atoms with Crippen LogP contribution in [0.15, 0.2) is 241 Å². The molecule has 3 heterocycles. The first kappa shape index (κ1) is 36.1. The van der Waals surface area contributed by atoms with E-state index in [9.17, 15) is 0 Å². The highest BCUT2D eigenvalue weighted by Gasteiger charge is 2.26. The van der Waals surface area contributed by atoms with Crippen molar-refractivity contribution in [2.45, 2.75) is 0 Å². The van der Waals surface area contributed by atoms with E-state index in [-0.39, 0.29) is 0 Å². The first-order valence-electron chi connectivity index (χ1n) is 21.8. The Bertz CT molecular complexity index is 3840. The number of hydrogen-bond donors (Lipinski definition) is 0. The smallest absolute Gasteiger partial charge is 0.137 e. The third kappa shape index (κ3) is 5.63. The van der Waals surface area contributed by atoms with Crippen LogP contribution in [-0.2, 0) is 0 Å². The van der Waals surface area contributed by atoms with Gasteiger partial charge in [0, 0.05) is 55.3 Å². The van der Waals surface area contributed by atoms with Crippen LogP contribution in [-0.4, -0.2) is 9.13 Å². The van der Waals surface area contributed by atoms with E-state index >= 15 is 0 Å². The summed E-state index contributed by atoms with van der Waals surface area (Å²) in [5.41, 5.74) is 16.1. The van der Waals surface area contributed by atoms with E-state index in [1.54, 1.807) is 0 Å². The van der Waals surface area contributed by atoms with Crippen molar-refractivity contribution in [3.05, 3.63) is 237 Å². The van der Waals surface area contributed by atoms with Gasteiger partial charge in [-0.15, -0.1) is 0 Å². The summed E-state index contributed by atoms with van der Waals surface area (Å²) < 4.78 is 11.6. The van der Waals surface area contributed by atoms with Gasteiger partial charge in [-0.05, 0) is 89.5 Å². The minimum atomic E-state index is 0.841. The van der Waals surface area contributed by atoms with Crippen LogP contribution in [0.25, 0.3) is 99.2 Å². The van der Waals surface area contributed by atoms with Gasteiger partial charge in [0.15, 0.2) is 0 Å². The summed E-state index contributed by atoms with van der Waals surface area (Å²) in [4.78, 5) is 2.44. The van der Waals surface area contributed by atoms with Gasteiger partial charge >= 0.3 is 0 Å². The third-order valence-electron chi connectivity index (χ3n) is 12.9. The molecule has 0 fully saturated rings. The second-order valence-electron chi connectivity index (χ2n) is 16.5. The monoisotopic (exact) mass is 817 g/mol. The molecule has 64 heavy (non-hydrogen) atoms. The van der Waals surface area contributed by atoms with E-state index in [2.05, 4.69) is 245 Å². The lowest BCUT2D eigenvalue weighted by Gasteiger charge is -2.29. The molecule has 10 aromatic carbocycles. The lowest BCUT2D eigenvalue weighted by Crippen LogP contribution is -2.12. The second-order valence-corrected chi connectivity index (χ2v) is 16.5. The van der Waals surface area contributed by atoms with E-state index in [0.29, 0.717) is 0 Å². The summed E-state index contributed by atoms with van der Waals surface area (Å²) in [6.45, 7) is 0. The number of benzene rings is 10. The third-order valence-corrected chi connectivity index (χ3v) is 12.9. The number of fused-ring (bicyclic) bond motifs is 9. The normalized spacial score (nSPS) is 11.8. The van der Waals surface area contributed by atoms with Crippen LogP contribution >= 0.6 is 0 Å².